The third kappa shape index (κ3) is 3.54. The molecule has 0 saturated carbocycles. The monoisotopic (exact) mass is 205 g/mol. The van der Waals surface area contributed by atoms with E-state index in [1.807, 2.05) is 18.2 Å². The number of rotatable bonds is 4. The molecule has 0 bridgehead atoms. The molecule has 1 amide bonds. The van der Waals surface area contributed by atoms with Gasteiger partial charge in [0.05, 0.1) is 0 Å². The summed E-state index contributed by atoms with van der Waals surface area (Å²) in [5.74, 6) is 0.00470. The summed E-state index contributed by atoms with van der Waals surface area (Å²) in [6.07, 6.45) is 0.557. The van der Waals surface area contributed by atoms with Gasteiger partial charge in [0.1, 0.15) is 0 Å². The summed E-state index contributed by atoms with van der Waals surface area (Å²) in [5.41, 5.74) is 0.670. The Balaban J connectivity index is 2.48. The van der Waals surface area contributed by atoms with Crippen LogP contribution in [0.25, 0.3) is 0 Å². The highest BCUT2D eigenvalue weighted by molar-refractivity contribution is 5.97. The summed E-state index contributed by atoms with van der Waals surface area (Å²) in [6.45, 7) is 0. The van der Waals surface area contributed by atoms with Crippen molar-refractivity contribution in [2.45, 2.75) is 12.8 Å². The number of benzene rings is 1. The van der Waals surface area contributed by atoms with E-state index < -0.39 is 0 Å². The summed E-state index contributed by atoms with van der Waals surface area (Å²) in [6, 6.07) is 9.04. The lowest BCUT2D eigenvalue weighted by atomic mass is 10.1. The third-order valence-corrected chi connectivity index (χ3v) is 2.16. The summed E-state index contributed by atoms with van der Waals surface area (Å²) in [5, 5.41) is 0. The van der Waals surface area contributed by atoms with Crippen LogP contribution in [0.5, 0.6) is 0 Å². The van der Waals surface area contributed by atoms with Crippen molar-refractivity contribution in [2.75, 3.05) is 14.1 Å². The van der Waals surface area contributed by atoms with Gasteiger partial charge < -0.3 is 4.90 Å². The van der Waals surface area contributed by atoms with Gasteiger partial charge in [0.15, 0.2) is 5.78 Å². The molecular formula is C12H15NO2. The number of nitrogens with zero attached hydrogens (tertiary/aromatic N) is 1. The molecule has 0 heterocycles. The van der Waals surface area contributed by atoms with Gasteiger partial charge >= 0.3 is 0 Å². The molecule has 3 heteroatoms. The summed E-state index contributed by atoms with van der Waals surface area (Å²) in [7, 11) is 3.38. The van der Waals surface area contributed by atoms with Gasteiger partial charge in [-0.2, -0.15) is 0 Å². The fraction of sp³-hybridized carbons (Fsp3) is 0.333. The Hall–Kier alpha value is -1.64. The molecule has 0 fully saturated rings. The van der Waals surface area contributed by atoms with Crippen LogP contribution in [0.3, 0.4) is 0 Å². The Kier molecular flexibility index (Phi) is 4.03. The molecule has 0 unspecified atom stereocenters. The maximum Gasteiger partial charge on any atom is 0.222 e. The highest BCUT2D eigenvalue weighted by Crippen LogP contribution is 2.05. The summed E-state index contributed by atoms with van der Waals surface area (Å²) >= 11 is 0. The van der Waals surface area contributed by atoms with E-state index in [0.29, 0.717) is 5.56 Å². The second kappa shape index (κ2) is 5.29. The van der Waals surface area contributed by atoms with Crippen LogP contribution in [0, 0.1) is 0 Å². The number of ketones is 1. The van der Waals surface area contributed by atoms with Crippen LogP contribution in [0.2, 0.25) is 0 Å². The van der Waals surface area contributed by atoms with Crippen molar-refractivity contribution in [1.29, 1.82) is 0 Å². The second-order valence-corrected chi connectivity index (χ2v) is 3.58. The largest absolute Gasteiger partial charge is 0.349 e. The quantitative estimate of drug-likeness (QED) is 0.702. The normalized spacial score (nSPS) is 9.73. The van der Waals surface area contributed by atoms with E-state index in [4.69, 9.17) is 0 Å². The van der Waals surface area contributed by atoms with Crippen molar-refractivity contribution in [1.82, 2.24) is 4.90 Å². The SMILES string of the molecule is CN(C)C(=O)CCC(=O)c1ccccc1. The van der Waals surface area contributed by atoms with Crippen molar-refractivity contribution in [3.63, 3.8) is 0 Å². The van der Waals surface area contributed by atoms with Gasteiger partial charge in [-0.15, -0.1) is 0 Å². The molecule has 0 aliphatic heterocycles. The maximum atomic E-state index is 11.6. The van der Waals surface area contributed by atoms with E-state index in [2.05, 4.69) is 0 Å². The fourth-order valence-corrected chi connectivity index (χ4v) is 1.21. The second-order valence-electron chi connectivity index (χ2n) is 3.58. The molecule has 0 N–H and O–H groups in total. The lowest BCUT2D eigenvalue weighted by molar-refractivity contribution is -0.128. The molecule has 0 atom stereocenters. The van der Waals surface area contributed by atoms with Crippen molar-refractivity contribution in [3.05, 3.63) is 35.9 Å². The molecular weight excluding hydrogens is 190 g/mol. The number of Topliss-reactive ketones (excluding diaryl/α,β-unsaturated/α-hetero) is 1. The highest BCUT2D eigenvalue weighted by Gasteiger charge is 2.09. The number of amides is 1. The van der Waals surface area contributed by atoms with Crippen molar-refractivity contribution < 1.29 is 9.59 Å². The first-order valence-corrected chi connectivity index (χ1v) is 4.89. The molecule has 0 aromatic heterocycles. The lowest BCUT2D eigenvalue weighted by Gasteiger charge is -2.09. The fourth-order valence-electron chi connectivity index (χ4n) is 1.21. The minimum Gasteiger partial charge on any atom is -0.349 e. The van der Waals surface area contributed by atoms with E-state index in [1.54, 1.807) is 26.2 Å². The minimum atomic E-state index is -0.0146. The standard InChI is InChI=1S/C12H15NO2/c1-13(2)12(15)9-8-11(14)10-6-4-3-5-7-10/h3-7H,8-9H2,1-2H3. The van der Waals surface area contributed by atoms with Crippen LogP contribution in [-0.2, 0) is 4.79 Å². The molecule has 1 aromatic carbocycles. The Bertz CT molecular complexity index is 344. The molecule has 0 saturated heterocycles. The van der Waals surface area contributed by atoms with Gasteiger partial charge in [-0.1, -0.05) is 30.3 Å². The van der Waals surface area contributed by atoms with Gasteiger partial charge in [0, 0.05) is 32.5 Å². The zero-order valence-electron chi connectivity index (χ0n) is 9.06. The van der Waals surface area contributed by atoms with Gasteiger partial charge in [0.25, 0.3) is 0 Å². The van der Waals surface area contributed by atoms with Crippen LogP contribution >= 0.6 is 0 Å². The first kappa shape index (κ1) is 11.4. The average Bonchev–Trinajstić information content (AvgIpc) is 2.26. The molecule has 0 aliphatic rings. The smallest absolute Gasteiger partial charge is 0.222 e. The molecule has 0 radical (unpaired) electrons. The minimum absolute atomic E-state index is 0.0146. The van der Waals surface area contributed by atoms with E-state index in [-0.39, 0.29) is 24.5 Å². The maximum absolute atomic E-state index is 11.6. The van der Waals surface area contributed by atoms with Gasteiger partial charge in [-0.05, 0) is 0 Å². The first-order chi connectivity index (χ1) is 7.11. The van der Waals surface area contributed by atoms with E-state index in [0.717, 1.165) is 0 Å². The number of hydrogen-bond donors (Lipinski definition) is 0. The molecule has 80 valence electrons. The summed E-state index contributed by atoms with van der Waals surface area (Å²) in [4.78, 5) is 24.4. The van der Waals surface area contributed by atoms with Gasteiger partial charge in [-0.25, -0.2) is 0 Å². The van der Waals surface area contributed by atoms with Crippen LogP contribution < -0.4 is 0 Å². The Morgan fingerprint density at radius 2 is 1.67 bits per heavy atom. The highest BCUT2D eigenvalue weighted by atomic mass is 16.2. The third-order valence-electron chi connectivity index (χ3n) is 2.16. The molecule has 0 aliphatic carbocycles. The van der Waals surface area contributed by atoms with Crippen molar-refractivity contribution in [3.8, 4) is 0 Å². The Morgan fingerprint density at radius 3 is 2.20 bits per heavy atom. The number of hydrogen-bond acceptors (Lipinski definition) is 2. The van der Waals surface area contributed by atoms with Crippen LogP contribution in [-0.4, -0.2) is 30.7 Å². The lowest BCUT2D eigenvalue weighted by Crippen LogP contribution is -2.22. The predicted octanol–water partition coefficient (Wildman–Crippen LogP) is 1.74. The van der Waals surface area contributed by atoms with Gasteiger partial charge in [0.2, 0.25) is 5.91 Å². The molecule has 1 rings (SSSR count). The molecule has 0 spiro atoms. The van der Waals surface area contributed by atoms with E-state index in [9.17, 15) is 9.59 Å². The molecule has 1 aromatic rings. The zero-order chi connectivity index (χ0) is 11.3. The molecule has 3 nitrogen and oxygen atoms in total. The van der Waals surface area contributed by atoms with Crippen LogP contribution in [0.4, 0.5) is 0 Å². The Morgan fingerprint density at radius 1 is 1.07 bits per heavy atom. The topological polar surface area (TPSA) is 37.4 Å². The summed E-state index contributed by atoms with van der Waals surface area (Å²) < 4.78 is 0. The van der Waals surface area contributed by atoms with Crippen LogP contribution in [0.1, 0.15) is 23.2 Å². The Labute approximate surface area is 89.7 Å². The van der Waals surface area contributed by atoms with E-state index >= 15 is 0 Å². The van der Waals surface area contributed by atoms with Crippen molar-refractivity contribution >= 4 is 11.7 Å². The van der Waals surface area contributed by atoms with Crippen molar-refractivity contribution in [2.24, 2.45) is 0 Å². The average molecular weight is 205 g/mol. The first-order valence-electron chi connectivity index (χ1n) is 4.89. The molecule has 15 heavy (non-hydrogen) atoms. The number of carbonyl (C=O) groups excluding carboxylic acids is 2. The van der Waals surface area contributed by atoms with Gasteiger partial charge in [-0.3, -0.25) is 9.59 Å². The van der Waals surface area contributed by atoms with Crippen LogP contribution in [0.15, 0.2) is 30.3 Å². The predicted molar refractivity (Wildman–Crippen MR) is 58.7 cm³/mol. The van der Waals surface area contributed by atoms with E-state index in [1.165, 1.54) is 4.90 Å². The number of carbonyl (C=O) groups is 2. The zero-order valence-corrected chi connectivity index (χ0v) is 9.06.